The van der Waals surface area contributed by atoms with Crippen LogP contribution in [0.25, 0.3) is 0 Å². The average Bonchev–Trinajstić information content (AvgIpc) is 2.97. The third-order valence-corrected chi connectivity index (χ3v) is 5.12. The van der Waals surface area contributed by atoms with Crippen LogP contribution in [0.4, 0.5) is 13.6 Å². The fraction of sp³-hybridized carbons (Fsp3) is 0.286. The molecule has 1 aliphatic heterocycles. The number of urea groups is 1. The molecule has 2 aromatic rings. The van der Waals surface area contributed by atoms with Gasteiger partial charge >= 0.3 is 6.03 Å². The molecule has 0 saturated carbocycles. The minimum Gasteiger partial charge on any atom is -0.318 e. The smallest absolute Gasteiger partial charge is 0.318 e. The number of hydrogen-bond acceptors (Lipinski definition) is 4. The first-order valence-corrected chi connectivity index (χ1v) is 9.48. The number of carbonyl (C=O) groups is 3. The van der Waals surface area contributed by atoms with E-state index in [1.165, 1.54) is 6.07 Å². The Morgan fingerprint density at radius 2 is 1.87 bits per heavy atom. The van der Waals surface area contributed by atoms with Crippen molar-refractivity contribution in [1.82, 2.24) is 21.1 Å². The standard InChI is InChI=1S/C21H22F2N4O3/c1-3-21(14-7-5-4-6-8-14)19(29)27(20(30)25-21)26-18(28)12-24-13(2)16-10-9-15(22)11-17(16)23/h4-11,13,24H,3,12H2,1-2H3,(H,25,30)(H,26,28)/t13-,21-/m0/s1. The summed E-state index contributed by atoms with van der Waals surface area (Å²) in [6.07, 6.45) is 0.299. The highest BCUT2D eigenvalue weighted by Crippen LogP contribution is 2.31. The SMILES string of the molecule is CC[C@@]1(c2ccccc2)NC(=O)N(NC(=O)CN[C@@H](C)c2ccc(F)cc2F)C1=O. The van der Waals surface area contributed by atoms with Gasteiger partial charge in [0.1, 0.15) is 17.2 Å². The Morgan fingerprint density at radius 3 is 2.50 bits per heavy atom. The molecule has 3 N–H and O–H groups in total. The number of nitrogens with zero attached hydrogens (tertiary/aromatic N) is 1. The second-order valence-corrected chi connectivity index (χ2v) is 7.00. The normalized spacial score (nSPS) is 19.5. The van der Waals surface area contributed by atoms with Gasteiger partial charge in [0.15, 0.2) is 0 Å². The van der Waals surface area contributed by atoms with Crippen LogP contribution in [-0.4, -0.2) is 29.4 Å². The van der Waals surface area contributed by atoms with Crippen molar-refractivity contribution in [3.05, 3.63) is 71.3 Å². The van der Waals surface area contributed by atoms with Crippen LogP contribution in [0.15, 0.2) is 48.5 Å². The highest BCUT2D eigenvalue weighted by molar-refractivity contribution is 6.08. The zero-order chi connectivity index (χ0) is 21.9. The first kappa shape index (κ1) is 21.4. The highest BCUT2D eigenvalue weighted by Gasteiger charge is 2.52. The van der Waals surface area contributed by atoms with E-state index < -0.39 is 41.1 Å². The van der Waals surface area contributed by atoms with Crippen LogP contribution in [0, 0.1) is 11.6 Å². The molecule has 0 unspecified atom stereocenters. The Kier molecular flexibility index (Phi) is 6.12. The molecule has 9 heteroatoms. The number of carbonyl (C=O) groups excluding carboxylic acids is 3. The molecule has 2 atom stereocenters. The first-order chi connectivity index (χ1) is 14.3. The van der Waals surface area contributed by atoms with E-state index in [0.717, 1.165) is 12.1 Å². The Morgan fingerprint density at radius 1 is 1.17 bits per heavy atom. The van der Waals surface area contributed by atoms with Gasteiger partial charge in [-0.2, -0.15) is 5.01 Å². The molecule has 0 aliphatic carbocycles. The van der Waals surface area contributed by atoms with Gasteiger partial charge in [-0.05, 0) is 25.0 Å². The van der Waals surface area contributed by atoms with Crippen LogP contribution in [0.5, 0.6) is 0 Å². The molecule has 0 radical (unpaired) electrons. The predicted octanol–water partition coefficient (Wildman–Crippen LogP) is 2.50. The van der Waals surface area contributed by atoms with E-state index in [1.807, 2.05) is 0 Å². The van der Waals surface area contributed by atoms with Crippen molar-refractivity contribution >= 4 is 17.8 Å². The molecule has 0 aromatic heterocycles. The van der Waals surface area contributed by atoms with Gasteiger partial charge in [0.05, 0.1) is 6.54 Å². The summed E-state index contributed by atoms with van der Waals surface area (Å²) in [6.45, 7) is 3.07. The minimum absolute atomic E-state index is 0.188. The van der Waals surface area contributed by atoms with E-state index in [0.29, 0.717) is 17.0 Å². The molecule has 30 heavy (non-hydrogen) atoms. The number of hydrazine groups is 1. The molecule has 2 aromatic carbocycles. The van der Waals surface area contributed by atoms with Gasteiger partial charge in [0, 0.05) is 17.7 Å². The van der Waals surface area contributed by atoms with Gasteiger partial charge in [-0.25, -0.2) is 13.6 Å². The Bertz CT molecular complexity index is 970. The monoisotopic (exact) mass is 416 g/mol. The van der Waals surface area contributed by atoms with E-state index in [4.69, 9.17) is 0 Å². The van der Waals surface area contributed by atoms with Crippen LogP contribution >= 0.6 is 0 Å². The lowest BCUT2D eigenvalue weighted by molar-refractivity contribution is -0.139. The molecule has 7 nitrogen and oxygen atoms in total. The molecule has 1 aliphatic rings. The summed E-state index contributed by atoms with van der Waals surface area (Å²) < 4.78 is 26.9. The fourth-order valence-electron chi connectivity index (χ4n) is 3.41. The van der Waals surface area contributed by atoms with Crippen molar-refractivity contribution in [3.8, 4) is 0 Å². The Balaban J connectivity index is 1.65. The van der Waals surface area contributed by atoms with Gasteiger partial charge in [-0.15, -0.1) is 0 Å². The summed E-state index contributed by atoms with van der Waals surface area (Å²) in [5.74, 6) is -2.68. The maximum atomic E-state index is 13.9. The lowest BCUT2D eigenvalue weighted by atomic mass is 9.87. The summed E-state index contributed by atoms with van der Waals surface area (Å²) in [7, 11) is 0. The summed E-state index contributed by atoms with van der Waals surface area (Å²) in [6, 6.07) is 10.6. The molecule has 4 amide bonds. The number of rotatable bonds is 7. The summed E-state index contributed by atoms with van der Waals surface area (Å²) in [5.41, 5.74) is 1.82. The van der Waals surface area contributed by atoms with Crippen LogP contribution in [0.2, 0.25) is 0 Å². The van der Waals surface area contributed by atoms with Crippen LogP contribution < -0.4 is 16.1 Å². The zero-order valence-corrected chi connectivity index (χ0v) is 16.5. The molecule has 1 saturated heterocycles. The van der Waals surface area contributed by atoms with E-state index >= 15 is 0 Å². The van der Waals surface area contributed by atoms with Crippen LogP contribution in [0.3, 0.4) is 0 Å². The van der Waals surface area contributed by atoms with Gasteiger partial charge in [-0.1, -0.05) is 43.3 Å². The number of halogens is 2. The van der Waals surface area contributed by atoms with Gasteiger partial charge in [0.25, 0.3) is 11.8 Å². The Labute approximate surface area is 172 Å². The lowest BCUT2D eigenvalue weighted by Crippen LogP contribution is -2.50. The van der Waals surface area contributed by atoms with Crippen molar-refractivity contribution < 1.29 is 23.2 Å². The molecule has 1 fully saturated rings. The first-order valence-electron chi connectivity index (χ1n) is 9.48. The minimum atomic E-state index is -1.26. The molecular weight excluding hydrogens is 394 g/mol. The fourth-order valence-corrected chi connectivity index (χ4v) is 3.41. The second-order valence-electron chi connectivity index (χ2n) is 7.00. The number of hydrogen-bond donors (Lipinski definition) is 3. The van der Waals surface area contributed by atoms with E-state index in [2.05, 4.69) is 16.1 Å². The topological polar surface area (TPSA) is 90.5 Å². The van der Waals surface area contributed by atoms with Crippen molar-refractivity contribution in [3.63, 3.8) is 0 Å². The summed E-state index contributed by atoms with van der Waals surface area (Å²) >= 11 is 0. The lowest BCUT2D eigenvalue weighted by Gasteiger charge is -2.25. The largest absolute Gasteiger partial charge is 0.344 e. The van der Waals surface area contributed by atoms with Crippen LogP contribution in [-0.2, 0) is 15.1 Å². The third kappa shape index (κ3) is 4.02. The van der Waals surface area contributed by atoms with Gasteiger partial charge in [0.2, 0.25) is 0 Å². The van der Waals surface area contributed by atoms with Crippen molar-refractivity contribution in [1.29, 1.82) is 0 Å². The maximum Gasteiger partial charge on any atom is 0.344 e. The molecule has 158 valence electrons. The van der Waals surface area contributed by atoms with Crippen molar-refractivity contribution in [2.24, 2.45) is 0 Å². The second kappa shape index (κ2) is 8.58. The molecule has 0 spiro atoms. The van der Waals surface area contributed by atoms with Gasteiger partial charge < -0.3 is 10.6 Å². The number of nitrogens with one attached hydrogen (secondary N) is 3. The zero-order valence-electron chi connectivity index (χ0n) is 16.5. The molecule has 3 rings (SSSR count). The quantitative estimate of drug-likeness (QED) is 0.605. The van der Waals surface area contributed by atoms with Gasteiger partial charge in [-0.3, -0.25) is 15.0 Å². The summed E-state index contributed by atoms with van der Waals surface area (Å²) in [5, 5.41) is 6.10. The number of amides is 4. The third-order valence-electron chi connectivity index (χ3n) is 5.12. The Hall–Kier alpha value is -3.33. The van der Waals surface area contributed by atoms with E-state index in [-0.39, 0.29) is 12.1 Å². The summed E-state index contributed by atoms with van der Waals surface area (Å²) in [4.78, 5) is 37.6. The molecule has 1 heterocycles. The van der Waals surface area contributed by atoms with E-state index in [9.17, 15) is 23.2 Å². The van der Waals surface area contributed by atoms with Crippen molar-refractivity contribution in [2.75, 3.05) is 6.54 Å². The predicted molar refractivity (Wildman–Crippen MR) is 105 cm³/mol. The number of imide groups is 1. The van der Waals surface area contributed by atoms with Crippen LogP contribution in [0.1, 0.15) is 37.4 Å². The van der Waals surface area contributed by atoms with E-state index in [1.54, 1.807) is 44.2 Å². The number of benzene rings is 2. The van der Waals surface area contributed by atoms with Crippen molar-refractivity contribution in [2.45, 2.75) is 31.8 Å². The maximum absolute atomic E-state index is 13.9. The molecule has 0 bridgehead atoms. The molecular formula is C21H22F2N4O3. The highest BCUT2D eigenvalue weighted by atomic mass is 19.1. The average molecular weight is 416 g/mol.